The minimum atomic E-state index is -0.924. The van der Waals surface area contributed by atoms with E-state index in [9.17, 15) is 14.7 Å². The number of halogens is 1. The van der Waals surface area contributed by atoms with Crippen LogP contribution < -0.4 is 5.32 Å². The summed E-state index contributed by atoms with van der Waals surface area (Å²) in [6.07, 6.45) is 0.946. The zero-order valence-corrected chi connectivity index (χ0v) is 17.2. The quantitative estimate of drug-likeness (QED) is 0.804. The number of aliphatic hydroxyl groups is 1. The van der Waals surface area contributed by atoms with Gasteiger partial charge in [-0.15, -0.1) is 0 Å². The lowest BCUT2D eigenvalue weighted by Crippen LogP contribution is -2.43. The molecule has 2 amide bonds. The highest BCUT2D eigenvalue weighted by Gasteiger charge is 2.30. The van der Waals surface area contributed by atoms with Gasteiger partial charge in [-0.3, -0.25) is 9.59 Å². The first-order chi connectivity index (χ1) is 13.9. The Kier molecular flexibility index (Phi) is 5.61. The van der Waals surface area contributed by atoms with Gasteiger partial charge in [0.1, 0.15) is 6.23 Å². The van der Waals surface area contributed by atoms with Crippen LogP contribution in [0.25, 0.3) is 11.1 Å². The highest BCUT2D eigenvalue weighted by Crippen LogP contribution is 2.38. The van der Waals surface area contributed by atoms with E-state index in [1.54, 1.807) is 0 Å². The third-order valence-electron chi connectivity index (χ3n) is 6.00. The van der Waals surface area contributed by atoms with Crippen LogP contribution in [0, 0.1) is 5.92 Å². The zero-order valence-electron chi connectivity index (χ0n) is 16.4. The van der Waals surface area contributed by atoms with Crippen molar-refractivity contribution < 1.29 is 14.7 Å². The van der Waals surface area contributed by atoms with Crippen molar-refractivity contribution in [2.75, 3.05) is 6.54 Å². The van der Waals surface area contributed by atoms with Gasteiger partial charge in [-0.2, -0.15) is 0 Å². The fraction of sp³-hybridized carbons (Fsp3) is 0.391. The van der Waals surface area contributed by atoms with E-state index in [0.717, 1.165) is 35.2 Å². The summed E-state index contributed by atoms with van der Waals surface area (Å²) in [6.45, 7) is 3.43. The van der Waals surface area contributed by atoms with Gasteiger partial charge in [-0.05, 0) is 29.5 Å². The minimum absolute atomic E-state index is 0.121. The Labute approximate surface area is 175 Å². The molecule has 2 aliphatic heterocycles. The second-order valence-electron chi connectivity index (χ2n) is 8.01. The van der Waals surface area contributed by atoms with Crippen LogP contribution >= 0.6 is 11.6 Å². The van der Waals surface area contributed by atoms with Crippen molar-refractivity contribution in [3.05, 3.63) is 58.6 Å². The maximum atomic E-state index is 12.1. The molecule has 0 aromatic heterocycles. The Hall–Kier alpha value is -2.37. The average Bonchev–Trinajstić information content (AvgIpc) is 3.02. The van der Waals surface area contributed by atoms with Crippen LogP contribution in [0.3, 0.4) is 0 Å². The Bertz CT molecular complexity index is 928. The molecular formula is C23H25ClN2O3. The van der Waals surface area contributed by atoms with Gasteiger partial charge in [0.15, 0.2) is 0 Å². The van der Waals surface area contributed by atoms with E-state index >= 15 is 0 Å². The van der Waals surface area contributed by atoms with E-state index in [0.29, 0.717) is 24.4 Å². The van der Waals surface area contributed by atoms with Crippen LogP contribution in [0.1, 0.15) is 43.2 Å². The maximum Gasteiger partial charge on any atom is 0.225 e. The van der Waals surface area contributed by atoms with E-state index < -0.39 is 6.23 Å². The molecule has 6 heteroatoms. The maximum absolute atomic E-state index is 12.1. The predicted molar refractivity (Wildman–Crippen MR) is 112 cm³/mol. The summed E-state index contributed by atoms with van der Waals surface area (Å²) in [5.41, 5.74) is 3.81. The van der Waals surface area contributed by atoms with E-state index in [4.69, 9.17) is 11.6 Å². The molecule has 2 aliphatic rings. The summed E-state index contributed by atoms with van der Waals surface area (Å²) in [4.78, 5) is 25.5. The zero-order chi connectivity index (χ0) is 20.5. The van der Waals surface area contributed by atoms with Crippen LogP contribution in [-0.4, -0.2) is 34.6 Å². The topological polar surface area (TPSA) is 69.6 Å². The largest absolute Gasteiger partial charge is 0.373 e. The van der Waals surface area contributed by atoms with Crippen LogP contribution in [0.5, 0.6) is 0 Å². The average molecular weight is 413 g/mol. The first-order valence-corrected chi connectivity index (χ1v) is 10.5. The van der Waals surface area contributed by atoms with Gasteiger partial charge in [0.25, 0.3) is 0 Å². The van der Waals surface area contributed by atoms with Gasteiger partial charge in [0.05, 0.1) is 5.02 Å². The molecule has 3 unspecified atom stereocenters. The number of amides is 2. The van der Waals surface area contributed by atoms with Crippen molar-refractivity contribution in [3.8, 4) is 11.1 Å². The van der Waals surface area contributed by atoms with Crippen LogP contribution in [0.2, 0.25) is 5.02 Å². The molecule has 2 aromatic carbocycles. The number of piperidine rings is 1. The van der Waals surface area contributed by atoms with Crippen molar-refractivity contribution in [1.29, 1.82) is 0 Å². The molecule has 5 nitrogen and oxygen atoms in total. The summed E-state index contributed by atoms with van der Waals surface area (Å²) >= 11 is 6.71. The summed E-state index contributed by atoms with van der Waals surface area (Å²) in [5, 5.41) is 13.5. The normalized spacial score (nSPS) is 24.7. The van der Waals surface area contributed by atoms with E-state index in [1.807, 2.05) is 54.3 Å². The third kappa shape index (κ3) is 4.02. The predicted octanol–water partition coefficient (Wildman–Crippen LogP) is 3.69. The number of likely N-dealkylation sites (tertiary alicyclic amines) is 1. The van der Waals surface area contributed by atoms with Gasteiger partial charge in [0.2, 0.25) is 11.8 Å². The van der Waals surface area contributed by atoms with Crippen molar-refractivity contribution in [2.24, 2.45) is 5.92 Å². The molecule has 4 rings (SSSR count). The minimum Gasteiger partial charge on any atom is -0.373 e. The third-order valence-corrected chi connectivity index (χ3v) is 6.43. The first-order valence-electron chi connectivity index (χ1n) is 10.1. The molecular weight excluding hydrogens is 388 g/mol. The number of carbonyl (C=O) groups excluding carboxylic acids is 2. The number of benzene rings is 2. The molecule has 2 N–H and O–H groups in total. The van der Waals surface area contributed by atoms with Gasteiger partial charge in [-0.25, -0.2) is 0 Å². The van der Waals surface area contributed by atoms with Gasteiger partial charge >= 0.3 is 0 Å². The Balaban J connectivity index is 1.54. The molecule has 0 bridgehead atoms. The first kappa shape index (κ1) is 19.9. The highest BCUT2D eigenvalue weighted by atomic mass is 35.5. The lowest BCUT2D eigenvalue weighted by Gasteiger charge is -2.29. The van der Waals surface area contributed by atoms with Gasteiger partial charge in [-0.1, -0.05) is 61.0 Å². The molecule has 2 aromatic rings. The lowest BCUT2D eigenvalue weighted by molar-refractivity contribution is -0.131. The van der Waals surface area contributed by atoms with Gasteiger partial charge < -0.3 is 15.3 Å². The number of hydrogen-bond acceptors (Lipinski definition) is 3. The number of nitrogens with one attached hydrogen (secondary N) is 1. The summed E-state index contributed by atoms with van der Waals surface area (Å²) in [6, 6.07) is 13.9. The number of aliphatic hydroxyl groups excluding tert-OH is 1. The fourth-order valence-electron chi connectivity index (χ4n) is 4.23. The molecule has 0 saturated carbocycles. The molecule has 29 heavy (non-hydrogen) atoms. The van der Waals surface area contributed by atoms with Crippen LogP contribution in [-0.2, 0) is 16.1 Å². The summed E-state index contributed by atoms with van der Waals surface area (Å²) in [5.74, 6) is -0.0104. The SMILES string of the molecule is CC1CCN(Cc2ccc(-c3cccc(C4CCC(=O)NC4O)c3Cl)cc2)C1=O. The molecule has 152 valence electrons. The molecule has 2 heterocycles. The Morgan fingerprint density at radius 1 is 1.14 bits per heavy atom. The molecule has 3 atom stereocenters. The van der Waals surface area contributed by atoms with Crippen molar-refractivity contribution in [1.82, 2.24) is 10.2 Å². The van der Waals surface area contributed by atoms with Crippen molar-refractivity contribution in [3.63, 3.8) is 0 Å². The molecule has 0 spiro atoms. The van der Waals surface area contributed by atoms with Crippen molar-refractivity contribution in [2.45, 2.75) is 44.9 Å². The van der Waals surface area contributed by atoms with E-state index in [-0.39, 0.29) is 23.7 Å². The summed E-state index contributed by atoms with van der Waals surface area (Å²) in [7, 11) is 0. The molecule has 2 fully saturated rings. The number of hydrogen-bond donors (Lipinski definition) is 2. The Morgan fingerprint density at radius 3 is 2.55 bits per heavy atom. The molecule has 2 saturated heterocycles. The fourth-order valence-corrected chi connectivity index (χ4v) is 4.60. The Morgan fingerprint density at radius 2 is 1.90 bits per heavy atom. The second-order valence-corrected chi connectivity index (χ2v) is 8.39. The van der Waals surface area contributed by atoms with Crippen LogP contribution in [0.4, 0.5) is 0 Å². The molecule has 0 radical (unpaired) electrons. The molecule has 0 aliphatic carbocycles. The smallest absolute Gasteiger partial charge is 0.225 e. The second kappa shape index (κ2) is 8.17. The van der Waals surface area contributed by atoms with E-state index in [2.05, 4.69) is 5.32 Å². The monoisotopic (exact) mass is 412 g/mol. The number of nitrogens with zero attached hydrogens (tertiary/aromatic N) is 1. The summed E-state index contributed by atoms with van der Waals surface area (Å²) < 4.78 is 0. The lowest BCUT2D eigenvalue weighted by atomic mass is 9.87. The highest BCUT2D eigenvalue weighted by molar-refractivity contribution is 6.34. The number of rotatable bonds is 4. The standard InChI is InChI=1S/C23H25ClN2O3/c1-14-11-12-26(23(14)29)13-15-5-7-16(8-6-15)17-3-2-4-18(21(17)24)19-9-10-20(27)25-22(19)28/h2-8,14,19,22,28H,9-13H2,1H3,(H,25,27). The number of carbonyl (C=O) groups is 2. The van der Waals surface area contributed by atoms with Gasteiger partial charge in [0, 0.05) is 36.9 Å². The van der Waals surface area contributed by atoms with Crippen molar-refractivity contribution >= 4 is 23.4 Å². The van der Waals surface area contributed by atoms with Crippen LogP contribution in [0.15, 0.2) is 42.5 Å². The van der Waals surface area contributed by atoms with E-state index in [1.165, 1.54) is 0 Å².